The number of carboxylic acids is 1. The highest BCUT2D eigenvalue weighted by Gasteiger charge is 2.22. The number of hydrogen-bond acceptors (Lipinski definition) is 5. The molecule has 0 radical (unpaired) electrons. The summed E-state index contributed by atoms with van der Waals surface area (Å²) in [5.41, 5.74) is 7.56. The molecule has 2 heterocycles. The largest absolute Gasteiger partial charge is 0.475 e. The molecule has 7 heteroatoms. The van der Waals surface area contributed by atoms with E-state index in [9.17, 15) is 9.59 Å². The first-order valence-electron chi connectivity index (χ1n) is 8.54. The molecule has 0 spiro atoms. The first-order valence-corrected chi connectivity index (χ1v) is 9.35. The molecule has 136 valence electrons. The second kappa shape index (κ2) is 7.80. The fourth-order valence-corrected chi connectivity index (χ4v) is 4.28. The summed E-state index contributed by atoms with van der Waals surface area (Å²) in [6.45, 7) is 2.86. The van der Waals surface area contributed by atoms with Gasteiger partial charge in [0.1, 0.15) is 4.83 Å². The number of aromatic nitrogens is 2. The molecule has 0 saturated heterocycles. The molecule has 0 aliphatic heterocycles. The maximum absolute atomic E-state index is 11.8. The van der Waals surface area contributed by atoms with Crippen LogP contribution in [0, 0.1) is 0 Å². The zero-order chi connectivity index (χ0) is 18.7. The summed E-state index contributed by atoms with van der Waals surface area (Å²) in [5.74, 6) is -0.994. The zero-order valence-electron chi connectivity index (χ0n) is 14.5. The highest BCUT2D eigenvalue weighted by atomic mass is 32.1. The molecule has 4 rings (SSSR count). The fraction of sp³-hybridized carbons (Fsp3) is 0.316. The Morgan fingerprint density at radius 1 is 1.35 bits per heavy atom. The van der Waals surface area contributed by atoms with Crippen LogP contribution >= 0.6 is 11.3 Å². The van der Waals surface area contributed by atoms with E-state index in [1.54, 1.807) is 0 Å². The number of H-pyrrole nitrogens is 1. The molecule has 1 aliphatic rings. The number of fused-ring (bicyclic) bond motifs is 3. The molecule has 3 aromatic rings. The first-order chi connectivity index (χ1) is 12.5. The van der Waals surface area contributed by atoms with Gasteiger partial charge in [-0.2, -0.15) is 0 Å². The molecule has 1 atom stereocenters. The summed E-state index contributed by atoms with van der Waals surface area (Å²) >= 11 is 1.44. The number of benzene rings is 1. The lowest BCUT2D eigenvalue weighted by Gasteiger charge is -2.06. The lowest BCUT2D eigenvalue weighted by molar-refractivity contribution is 0.0683. The van der Waals surface area contributed by atoms with Crippen LogP contribution in [0.2, 0.25) is 0 Å². The minimum atomic E-state index is -1.20. The fourth-order valence-electron chi connectivity index (χ4n) is 3.02. The number of aromatic carboxylic acids is 1. The highest BCUT2D eigenvalue weighted by Crippen LogP contribution is 2.34. The Hall–Kier alpha value is -2.51. The second-order valence-electron chi connectivity index (χ2n) is 6.30. The van der Waals surface area contributed by atoms with E-state index in [0.29, 0.717) is 16.1 Å². The molecule has 26 heavy (non-hydrogen) atoms. The predicted molar refractivity (Wildman–Crippen MR) is 103 cm³/mol. The third kappa shape index (κ3) is 3.68. The van der Waals surface area contributed by atoms with E-state index < -0.39 is 5.97 Å². The number of nitrogens with one attached hydrogen (secondary N) is 1. The van der Waals surface area contributed by atoms with Crippen molar-refractivity contribution >= 4 is 27.5 Å². The van der Waals surface area contributed by atoms with Gasteiger partial charge in [-0.05, 0) is 42.9 Å². The number of rotatable bonds is 3. The molecule has 1 aliphatic carbocycles. The van der Waals surface area contributed by atoms with Gasteiger partial charge < -0.3 is 15.8 Å². The summed E-state index contributed by atoms with van der Waals surface area (Å²) < 4.78 is 0. The van der Waals surface area contributed by atoms with Crippen molar-refractivity contribution in [1.29, 1.82) is 0 Å². The molecule has 2 aromatic heterocycles. The predicted octanol–water partition coefficient (Wildman–Crippen LogP) is 2.92. The maximum atomic E-state index is 11.8. The minimum absolute atomic E-state index is 0.280. The molecule has 0 amide bonds. The highest BCUT2D eigenvalue weighted by molar-refractivity contribution is 7.18. The van der Waals surface area contributed by atoms with Gasteiger partial charge in [0.05, 0.1) is 5.39 Å². The quantitative estimate of drug-likeness (QED) is 0.656. The van der Waals surface area contributed by atoms with Crippen LogP contribution in [0.15, 0.2) is 35.1 Å². The third-order valence-corrected chi connectivity index (χ3v) is 5.69. The molecular weight excluding hydrogens is 350 g/mol. The lowest BCUT2D eigenvalue weighted by Crippen LogP contribution is -2.15. The number of nitrogens with zero attached hydrogens (tertiary/aromatic N) is 1. The average molecular weight is 371 g/mol. The Morgan fingerprint density at radius 2 is 2.08 bits per heavy atom. The minimum Gasteiger partial charge on any atom is -0.475 e. The Kier molecular flexibility index (Phi) is 5.49. The van der Waals surface area contributed by atoms with Gasteiger partial charge in [-0.15, -0.1) is 11.3 Å². The van der Waals surface area contributed by atoms with E-state index >= 15 is 0 Å². The van der Waals surface area contributed by atoms with Gasteiger partial charge in [0.15, 0.2) is 0 Å². The van der Waals surface area contributed by atoms with Crippen molar-refractivity contribution in [2.24, 2.45) is 5.73 Å². The van der Waals surface area contributed by atoms with E-state index in [1.807, 2.05) is 18.2 Å². The second-order valence-corrected chi connectivity index (χ2v) is 7.39. The van der Waals surface area contributed by atoms with Gasteiger partial charge in [0.25, 0.3) is 5.56 Å². The first kappa shape index (κ1) is 18.3. The number of carbonyl (C=O) groups is 1. The molecule has 0 saturated carbocycles. The summed E-state index contributed by atoms with van der Waals surface area (Å²) in [5, 5.41) is 9.37. The van der Waals surface area contributed by atoms with E-state index in [4.69, 9.17) is 10.8 Å². The smallest absolute Gasteiger partial charge is 0.372 e. The molecule has 4 N–H and O–H groups in total. The van der Waals surface area contributed by atoms with Crippen LogP contribution < -0.4 is 11.3 Å². The van der Waals surface area contributed by atoms with Crippen molar-refractivity contribution in [2.75, 3.05) is 6.54 Å². The van der Waals surface area contributed by atoms with E-state index in [1.165, 1.54) is 21.8 Å². The number of thiophene rings is 1. The Labute approximate surface area is 154 Å². The van der Waals surface area contributed by atoms with Crippen molar-refractivity contribution in [1.82, 2.24) is 9.97 Å². The van der Waals surface area contributed by atoms with Gasteiger partial charge in [0, 0.05) is 4.88 Å². The van der Waals surface area contributed by atoms with Gasteiger partial charge >= 0.3 is 5.97 Å². The Morgan fingerprint density at radius 3 is 2.73 bits per heavy atom. The van der Waals surface area contributed by atoms with Crippen LogP contribution in [-0.2, 0) is 12.8 Å². The Bertz CT molecular complexity index is 979. The summed E-state index contributed by atoms with van der Waals surface area (Å²) in [6.07, 6.45) is 2.93. The molecule has 6 nitrogen and oxygen atoms in total. The normalized spacial score (nSPS) is 13.8. The van der Waals surface area contributed by atoms with Crippen LogP contribution in [0.5, 0.6) is 0 Å². The van der Waals surface area contributed by atoms with Crippen LogP contribution in [0.4, 0.5) is 0 Å². The Balaban J connectivity index is 0.000000170. The van der Waals surface area contributed by atoms with Gasteiger partial charge in [0.2, 0.25) is 5.82 Å². The van der Waals surface area contributed by atoms with E-state index in [2.05, 4.69) is 29.0 Å². The number of aromatic amines is 1. The van der Waals surface area contributed by atoms with Crippen LogP contribution in [0.3, 0.4) is 0 Å². The average Bonchev–Trinajstić information content (AvgIpc) is 3.22. The number of hydrogen-bond donors (Lipinski definition) is 3. The third-order valence-electron chi connectivity index (χ3n) is 4.50. The molecular formula is C19H21N3O3S. The van der Waals surface area contributed by atoms with E-state index in [0.717, 1.165) is 31.4 Å². The van der Waals surface area contributed by atoms with Crippen molar-refractivity contribution in [3.63, 3.8) is 0 Å². The SMILES string of the molecule is C[C@H](CN)c1ccccc1.O=C(O)c1nc2sc3c(c2c(=O)[nH]1)CCC3. The number of aryl methyl sites for hydroxylation is 2. The molecule has 0 bridgehead atoms. The standard InChI is InChI=1S/C10H8N2O3S.C9H13N/c13-8-6-4-2-1-3-5(4)16-9(6)12-7(11-8)10(14)15;1-8(7-10)9-5-3-2-4-6-9/h1-3H2,(H,14,15)(H,11,12,13);2-6,8H,7,10H2,1H3/t;8-/m.1/s1. The lowest BCUT2D eigenvalue weighted by atomic mass is 10.0. The summed E-state index contributed by atoms with van der Waals surface area (Å²) in [6, 6.07) is 10.3. The van der Waals surface area contributed by atoms with Crippen LogP contribution in [0.25, 0.3) is 10.2 Å². The van der Waals surface area contributed by atoms with Gasteiger partial charge in [-0.1, -0.05) is 37.3 Å². The van der Waals surface area contributed by atoms with Crippen molar-refractivity contribution < 1.29 is 9.90 Å². The van der Waals surface area contributed by atoms with Crippen molar-refractivity contribution in [2.45, 2.75) is 32.1 Å². The molecule has 0 fully saturated rings. The summed E-state index contributed by atoms with van der Waals surface area (Å²) in [7, 11) is 0. The van der Waals surface area contributed by atoms with Crippen molar-refractivity contribution in [3.05, 3.63) is 62.5 Å². The van der Waals surface area contributed by atoms with Crippen LogP contribution in [0.1, 0.15) is 45.9 Å². The maximum Gasteiger partial charge on any atom is 0.372 e. The summed E-state index contributed by atoms with van der Waals surface area (Å²) in [4.78, 5) is 30.5. The molecule has 0 unspecified atom stereocenters. The zero-order valence-corrected chi connectivity index (χ0v) is 15.3. The van der Waals surface area contributed by atoms with Crippen LogP contribution in [-0.4, -0.2) is 27.6 Å². The monoisotopic (exact) mass is 371 g/mol. The van der Waals surface area contributed by atoms with Crippen molar-refractivity contribution in [3.8, 4) is 0 Å². The van der Waals surface area contributed by atoms with Gasteiger partial charge in [-0.3, -0.25) is 4.79 Å². The number of nitrogens with two attached hydrogens (primary N) is 1. The molecule has 1 aromatic carbocycles. The number of carboxylic acid groups (broad SMARTS) is 1. The topological polar surface area (TPSA) is 109 Å². The van der Waals surface area contributed by atoms with Gasteiger partial charge in [-0.25, -0.2) is 9.78 Å². The van der Waals surface area contributed by atoms with E-state index in [-0.39, 0.29) is 11.4 Å².